The molecule has 0 saturated carbocycles. The SMILES string of the molecule is O=C(c1cc2c(F)cc(Br)cc2[nH]1)N(CCO)CCc1ccccc1. The van der Waals surface area contributed by atoms with E-state index in [2.05, 4.69) is 20.9 Å². The van der Waals surface area contributed by atoms with E-state index >= 15 is 0 Å². The van der Waals surface area contributed by atoms with Gasteiger partial charge in [0.15, 0.2) is 0 Å². The lowest BCUT2D eigenvalue weighted by Gasteiger charge is -2.21. The molecule has 2 N–H and O–H groups in total. The minimum atomic E-state index is -0.391. The maximum atomic E-state index is 14.0. The average Bonchev–Trinajstić information content (AvgIpc) is 3.03. The van der Waals surface area contributed by atoms with Crippen molar-refractivity contribution in [2.24, 2.45) is 0 Å². The number of rotatable bonds is 6. The van der Waals surface area contributed by atoms with Crippen LogP contribution in [0.3, 0.4) is 0 Å². The van der Waals surface area contributed by atoms with Gasteiger partial charge in [-0.2, -0.15) is 0 Å². The van der Waals surface area contributed by atoms with Crippen LogP contribution in [0.2, 0.25) is 0 Å². The van der Waals surface area contributed by atoms with E-state index in [-0.39, 0.29) is 19.1 Å². The fourth-order valence-electron chi connectivity index (χ4n) is 2.79. The highest BCUT2D eigenvalue weighted by Crippen LogP contribution is 2.24. The zero-order valence-electron chi connectivity index (χ0n) is 13.5. The zero-order chi connectivity index (χ0) is 17.8. The van der Waals surface area contributed by atoms with Crippen molar-refractivity contribution in [3.8, 4) is 0 Å². The third kappa shape index (κ3) is 4.08. The summed E-state index contributed by atoms with van der Waals surface area (Å²) in [7, 11) is 0. The van der Waals surface area contributed by atoms with Gasteiger partial charge in [-0.25, -0.2) is 4.39 Å². The van der Waals surface area contributed by atoms with Gasteiger partial charge in [0.2, 0.25) is 0 Å². The van der Waals surface area contributed by atoms with Gasteiger partial charge in [0.1, 0.15) is 11.5 Å². The summed E-state index contributed by atoms with van der Waals surface area (Å²) < 4.78 is 14.6. The van der Waals surface area contributed by atoms with Crippen molar-refractivity contribution in [1.29, 1.82) is 0 Å². The first kappa shape index (κ1) is 17.6. The zero-order valence-corrected chi connectivity index (χ0v) is 15.1. The summed E-state index contributed by atoms with van der Waals surface area (Å²) in [6.45, 7) is 0.582. The molecule has 2 aromatic carbocycles. The number of aliphatic hydroxyl groups is 1. The molecule has 25 heavy (non-hydrogen) atoms. The second kappa shape index (κ2) is 7.80. The van der Waals surface area contributed by atoms with E-state index in [1.807, 2.05) is 30.3 Å². The first-order valence-corrected chi connectivity index (χ1v) is 8.79. The lowest BCUT2D eigenvalue weighted by Crippen LogP contribution is -2.35. The van der Waals surface area contributed by atoms with Crippen molar-refractivity contribution in [2.45, 2.75) is 6.42 Å². The van der Waals surface area contributed by atoms with E-state index < -0.39 is 5.82 Å². The smallest absolute Gasteiger partial charge is 0.270 e. The van der Waals surface area contributed by atoms with Gasteiger partial charge in [-0.3, -0.25) is 4.79 Å². The molecule has 0 radical (unpaired) electrons. The number of amides is 1. The van der Waals surface area contributed by atoms with Crippen molar-refractivity contribution in [3.63, 3.8) is 0 Å². The van der Waals surface area contributed by atoms with E-state index in [0.29, 0.717) is 34.0 Å². The van der Waals surface area contributed by atoms with Gasteiger partial charge < -0.3 is 15.0 Å². The summed E-state index contributed by atoms with van der Waals surface area (Å²) in [4.78, 5) is 17.3. The van der Waals surface area contributed by atoms with Gasteiger partial charge in [0, 0.05) is 22.9 Å². The van der Waals surface area contributed by atoms with Crippen molar-refractivity contribution in [3.05, 3.63) is 70.1 Å². The normalized spacial score (nSPS) is 11.0. The highest BCUT2D eigenvalue weighted by Gasteiger charge is 2.18. The van der Waals surface area contributed by atoms with E-state index in [4.69, 9.17) is 0 Å². The Kier molecular flexibility index (Phi) is 5.50. The molecule has 3 rings (SSSR count). The van der Waals surface area contributed by atoms with Crippen LogP contribution in [-0.4, -0.2) is 40.6 Å². The summed E-state index contributed by atoms with van der Waals surface area (Å²) in [5.41, 5.74) is 1.99. The molecule has 0 aliphatic carbocycles. The average molecular weight is 405 g/mol. The maximum absolute atomic E-state index is 14.0. The molecule has 0 spiro atoms. The Bertz CT molecular complexity index is 880. The molecule has 0 aliphatic heterocycles. The molecular formula is C19H18BrFN2O2. The molecule has 0 saturated heterocycles. The molecule has 1 amide bonds. The van der Waals surface area contributed by atoms with Crippen LogP contribution < -0.4 is 0 Å². The van der Waals surface area contributed by atoms with Crippen LogP contribution in [0.25, 0.3) is 10.9 Å². The summed E-state index contributed by atoms with van der Waals surface area (Å²) in [5.74, 6) is -0.644. The Hall–Kier alpha value is -2.18. The highest BCUT2D eigenvalue weighted by atomic mass is 79.9. The molecule has 4 nitrogen and oxygen atoms in total. The number of fused-ring (bicyclic) bond motifs is 1. The Labute approximate surface area is 153 Å². The molecule has 1 heterocycles. The number of hydrogen-bond donors (Lipinski definition) is 2. The summed E-state index contributed by atoms with van der Waals surface area (Å²) in [6, 6.07) is 14.5. The first-order valence-electron chi connectivity index (χ1n) is 8.00. The van der Waals surface area contributed by atoms with Crippen molar-refractivity contribution in [2.75, 3.05) is 19.7 Å². The number of nitrogens with zero attached hydrogens (tertiary/aromatic N) is 1. The van der Waals surface area contributed by atoms with Gasteiger partial charge in [-0.05, 0) is 30.2 Å². The van der Waals surface area contributed by atoms with E-state index in [1.165, 1.54) is 12.1 Å². The van der Waals surface area contributed by atoms with Gasteiger partial charge in [0.25, 0.3) is 5.91 Å². The minimum absolute atomic E-state index is 0.124. The standard InChI is InChI=1S/C19H18BrFN2O2/c20-14-10-16(21)15-12-18(22-17(15)11-14)19(25)23(8-9-24)7-6-13-4-2-1-3-5-13/h1-5,10-12,22,24H,6-9H2. The molecule has 1 aromatic heterocycles. The van der Waals surface area contributed by atoms with Crippen LogP contribution in [0, 0.1) is 5.82 Å². The molecule has 0 unspecified atom stereocenters. The Morgan fingerprint density at radius 1 is 1.16 bits per heavy atom. The van der Waals surface area contributed by atoms with Crippen molar-refractivity contribution >= 4 is 32.7 Å². The molecule has 0 aliphatic rings. The van der Waals surface area contributed by atoms with Crippen LogP contribution in [0.5, 0.6) is 0 Å². The van der Waals surface area contributed by atoms with E-state index in [9.17, 15) is 14.3 Å². The lowest BCUT2D eigenvalue weighted by atomic mass is 10.1. The fourth-order valence-corrected chi connectivity index (χ4v) is 3.22. The number of aliphatic hydroxyl groups excluding tert-OH is 1. The topological polar surface area (TPSA) is 56.3 Å². The van der Waals surface area contributed by atoms with Crippen molar-refractivity contribution in [1.82, 2.24) is 9.88 Å². The molecule has 0 bridgehead atoms. The van der Waals surface area contributed by atoms with Crippen molar-refractivity contribution < 1.29 is 14.3 Å². The van der Waals surface area contributed by atoms with Crippen LogP contribution in [0.1, 0.15) is 16.1 Å². The van der Waals surface area contributed by atoms with Gasteiger partial charge in [-0.15, -0.1) is 0 Å². The van der Waals surface area contributed by atoms with E-state index in [1.54, 1.807) is 11.0 Å². The number of carbonyl (C=O) groups excluding carboxylic acids is 1. The Morgan fingerprint density at radius 3 is 2.64 bits per heavy atom. The molecular weight excluding hydrogens is 387 g/mol. The number of halogens is 2. The maximum Gasteiger partial charge on any atom is 0.270 e. The highest BCUT2D eigenvalue weighted by molar-refractivity contribution is 9.10. The second-order valence-electron chi connectivity index (χ2n) is 5.78. The number of nitrogens with one attached hydrogen (secondary N) is 1. The van der Waals surface area contributed by atoms with Crippen LogP contribution in [-0.2, 0) is 6.42 Å². The van der Waals surface area contributed by atoms with Crippen LogP contribution >= 0.6 is 15.9 Å². The fraction of sp³-hybridized carbons (Fsp3) is 0.211. The minimum Gasteiger partial charge on any atom is -0.395 e. The number of H-pyrrole nitrogens is 1. The van der Waals surface area contributed by atoms with Crippen LogP contribution in [0.15, 0.2) is 53.0 Å². The van der Waals surface area contributed by atoms with Gasteiger partial charge >= 0.3 is 0 Å². The second-order valence-corrected chi connectivity index (χ2v) is 6.70. The molecule has 3 aromatic rings. The van der Waals surface area contributed by atoms with Gasteiger partial charge in [-0.1, -0.05) is 46.3 Å². The third-order valence-corrected chi connectivity index (χ3v) is 4.51. The largest absolute Gasteiger partial charge is 0.395 e. The number of hydrogen-bond acceptors (Lipinski definition) is 2. The molecule has 130 valence electrons. The van der Waals surface area contributed by atoms with E-state index in [0.717, 1.165) is 5.56 Å². The third-order valence-electron chi connectivity index (χ3n) is 4.05. The summed E-state index contributed by atoms with van der Waals surface area (Å²) >= 11 is 3.25. The quantitative estimate of drug-likeness (QED) is 0.657. The Balaban J connectivity index is 1.81. The predicted molar refractivity (Wildman–Crippen MR) is 99.1 cm³/mol. The lowest BCUT2D eigenvalue weighted by molar-refractivity contribution is 0.0719. The number of benzene rings is 2. The summed E-state index contributed by atoms with van der Waals surface area (Å²) in [5, 5.41) is 9.65. The molecule has 0 fully saturated rings. The van der Waals surface area contributed by atoms with Crippen LogP contribution in [0.4, 0.5) is 4.39 Å². The summed E-state index contributed by atoms with van der Waals surface area (Å²) in [6.07, 6.45) is 0.687. The molecule has 6 heteroatoms. The molecule has 0 atom stereocenters. The monoisotopic (exact) mass is 404 g/mol. The predicted octanol–water partition coefficient (Wildman–Crippen LogP) is 3.75. The number of aromatic nitrogens is 1. The number of carbonyl (C=O) groups is 1. The first-order chi connectivity index (χ1) is 12.1. The number of aromatic amines is 1. The van der Waals surface area contributed by atoms with Gasteiger partial charge in [0.05, 0.1) is 12.1 Å². The Morgan fingerprint density at radius 2 is 1.92 bits per heavy atom.